The fraction of sp³-hybridized carbons (Fsp3) is 0.818. The molecule has 0 radical (unpaired) electrons. The Balaban J connectivity index is 1.34. The van der Waals surface area contributed by atoms with Crippen LogP contribution in [-0.4, -0.2) is 78.3 Å². The Hall–Kier alpha value is -0.460. The number of aliphatic hydroxyl groups excluding tert-OH is 1. The molecule has 4 nitrogen and oxygen atoms in total. The molecule has 152 valence electrons. The maximum Gasteiger partial charge on any atom is 0.0446 e. The number of hydrogen-bond acceptors (Lipinski definition) is 5. The van der Waals surface area contributed by atoms with E-state index in [0.717, 1.165) is 31.5 Å². The normalized spacial score (nSPS) is 27.6. The van der Waals surface area contributed by atoms with Gasteiger partial charge in [-0.25, -0.2) is 0 Å². The molecule has 0 unspecified atom stereocenters. The van der Waals surface area contributed by atoms with Crippen molar-refractivity contribution in [1.29, 1.82) is 0 Å². The van der Waals surface area contributed by atoms with Gasteiger partial charge in [0.2, 0.25) is 0 Å². The molecule has 4 rings (SSSR count). The molecule has 3 aliphatic rings. The zero-order valence-corrected chi connectivity index (χ0v) is 17.8. The van der Waals surface area contributed by atoms with Gasteiger partial charge in [0.25, 0.3) is 0 Å². The summed E-state index contributed by atoms with van der Waals surface area (Å²) in [6.07, 6.45) is 9.11. The maximum atomic E-state index is 9.63. The van der Waals surface area contributed by atoms with Crippen LogP contribution in [0.15, 0.2) is 12.1 Å². The minimum absolute atomic E-state index is 0.312. The van der Waals surface area contributed by atoms with Gasteiger partial charge in [-0.05, 0) is 70.3 Å². The number of hydrogen-bond donors (Lipinski definition) is 1. The molecule has 1 atom stereocenters. The molecule has 0 amide bonds. The van der Waals surface area contributed by atoms with Crippen LogP contribution in [0.25, 0.3) is 0 Å². The van der Waals surface area contributed by atoms with Gasteiger partial charge < -0.3 is 10.0 Å². The van der Waals surface area contributed by atoms with Crippen molar-refractivity contribution in [3.05, 3.63) is 21.9 Å². The molecule has 1 saturated carbocycles. The van der Waals surface area contributed by atoms with Gasteiger partial charge in [0.15, 0.2) is 0 Å². The van der Waals surface area contributed by atoms with Gasteiger partial charge in [-0.3, -0.25) is 9.80 Å². The standard InChI is InChI=1S/C22H37N3OS/c1-23-11-8-19(9-12-23)25-14-13-24(16-20(25)10-15-26)17-21-6-7-22(27-21)18-4-2-3-5-18/h6-7,18-20,26H,2-5,8-17H2,1H3/t20-/m0/s1. The van der Waals surface area contributed by atoms with E-state index >= 15 is 0 Å². The molecule has 3 heterocycles. The van der Waals surface area contributed by atoms with E-state index in [1.54, 1.807) is 4.88 Å². The Kier molecular flexibility index (Phi) is 6.88. The molecule has 1 aromatic heterocycles. The maximum absolute atomic E-state index is 9.63. The average Bonchev–Trinajstić information content (AvgIpc) is 3.35. The monoisotopic (exact) mass is 391 g/mol. The first-order valence-corrected chi connectivity index (χ1v) is 11.9. The molecule has 0 bridgehead atoms. The third-order valence-electron chi connectivity index (χ3n) is 7.05. The first-order valence-electron chi connectivity index (χ1n) is 11.1. The lowest BCUT2D eigenvalue weighted by Crippen LogP contribution is -2.58. The van der Waals surface area contributed by atoms with Crippen LogP contribution in [0.5, 0.6) is 0 Å². The summed E-state index contributed by atoms with van der Waals surface area (Å²) in [7, 11) is 2.24. The number of nitrogens with zero attached hydrogens (tertiary/aromatic N) is 3. The molecule has 1 aliphatic carbocycles. The van der Waals surface area contributed by atoms with Crippen LogP contribution in [0.1, 0.15) is 60.6 Å². The average molecular weight is 392 g/mol. The van der Waals surface area contributed by atoms with Gasteiger partial charge in [0, 0.05) is 54.6 Å². The largest absolute Gasteiger partial charge is 0.396 e. The predicted octanol–water partition coefficient (Wildman–Crippen LogP) is 3.37. The Labute approximate surface area is 169 Å². The fourth-order valence-corrected chi connectivity index (χ4v) is 6.64. The van der Waals surface area contributed by atoms with Crippen molar-refractivity contribution in [3.8, 4) is 0 Å². The lowest BCUT2D eigenvalue weighted by molar-refractivity contribution is 0.00629. The summed E-state index contributed by atoms with van der Waals surface area (Å²) in [6, 6.07) is 6.01. The fourth-order valence-electron chi connectivity index (χ4n) is 5.42. The number of aliphatic hydroxyl groups is 1. The van der Waals surface area contributed by atoms with E-state index < -0.39 is 0 Å². The smallest absolute Gasteiger partial charge is 0.0446 e. The SMILES string of the molecule is CN1CCC(N2CCN(Cc3ccc(C4CCCC4)s3)C[C@@H]2CCO)CC1. The molecular weight excluding hydrogens is 354 g/mol. The van der Waals surface area contributed by atoms with Crippen molar-refractivity contribution in [2.24, 2.45) is 0 Å². The molecule has 0 aromatic carbocycles. The molecule has 1 N–H and O–H groups in total. The highest BCUT2D eigenvalue weighted by molar-refractivity contribution is 7.12. The number of rotatable bonds is 6. The molecular formula is C22H37N3OS. The first kappa shape index (κ1) is 19.8. The third kappa shape index (κ3) is 4.94. The first-order chi connectivity index (χ1) is 13.2. The summed E-state index contributed by atoms with van der Waals surface area (Å²) < 4.78 is 0. The van der Waals surface area contributed by atoms with Gasteiger partial charge in [0.05, 0.1) is 0 Å². The predicted molar refractivity (Wildman–Crippen MR) is 114 cm³/mol. The zero-order valence-electron chi connectivity index (χ0n) is 17.0. The third-order valence-corrected chi connectivity index (χ3v) is 8.28. The minimum Gasteiger partial charge on any atom is -0.396 e. The zero-order chi connectivity index (χ0) is 18.6. The Morgan fingerprint density at radius 3 is 2.56 bits per heavy atom. The van der Waals surface area contributed by atoms with Gasteiger partial charge in [-0.15, -0.1) is 11.3 Å². The van der Waals surface area contributed by atoms with E-state index in [9.17, 15) is 5.11 Å². The molecule has 2 saturated heterocycles. The topological polar surface area (TPSA) is 30.0 Å². The number of thiophene rings is 1. The summed E-state index contributed by atoms with van der Waals surface area (Å²) in [4.78, 5) is 11.0. The van der Waals surface area contributed by atoms with Crippen molar-refractivity contribution in [1.82, 2.24) is 14.7 Å². The van der Waals surface area contributed by atoms with Crippen molar-refractivity contribution < 1.29 is 5.11 Å². The Bertz CT molecular complexity index is 578. The van der Waals surface area contributed by atoms with Crippen molar-refractivity contribution in [3.63, 3.8) is 0 Å². The van der Waals surface area contributed by atoms with E-state index in [0.29, 0.717) is 12.6 Å². The van der Waals surface area contributed by atoms with Crippen LogP contribution in [0.2, 0.25) is 0 Å². The molecule has 2 aliphatic heterocycles. The van der Waals surface area contributed by atoms with Crippen molar-refractivity contribution in [2.75, 3.05) is 46.4 Å². The summed E-state index contributed by atoms with van der Waals surface area (Å²) in [5.74, 6) is 0.840. The van der Waals surface area contributed by atoms with E-state index in [4.69, 9.17) is 0 Å². The lowest BCUT2D eigenvalue weighted by atomic mass is 9.98. The van der Waals surface area contributed by atoms with E-state index in [-0.39, 0.29) is 0 Å². The number of likely N-dealkylation sites (tertiary alicyclic amines) is 1. The van der Waals surface area contributed by atoms with Gasteiger partial charge in [-0.2, -0.15) is 0 Å². The summed E-state index contributed by atoms with van der Waals surface area (Å²) in [5.41, 5.74) is 0. The minimum atomic E-state index is 0.312. The van der Waals surface area contributed by atoms with Crippen LogP contribution >= 0.6 is 11.3 Å². The molecule has 0 spiro atoms. The van der Waals surface area contributed by atoms with Gasteiger partial charge in [-0.1, -0.05) is 12.8 Å². The molecule has 1 aromatic rings. The van der Waals surface area contributed by atoms with Gasteiger partial charge >= 0.3 is 0 Å². The highest BCUT2D eigenvalue weighted by Crippen LogP contribution is 2.38. The molecule has 27 heavy (non-hydrogen) atoms. The molecule has 3 fully saturated rings. The second-order valence-electron chi connectivity index (χ2n) is 8.96. The summed E-state index contributed by atoms with van der Waals surface area (Å²) >= 11 is 2.06. The van der Waals surface area contributed by atoms with Crippen LogP contribution in [-0.2, 0) is 6.54 Å². The molecule has 5 heteroatoms. The highest BCUT2D eigenvalue weighted by atomic mass is 32.1. The number of piperidine rings is 1. The quantitative estimate of drug-likeness (QED) is 0.805. The summed E-state index contributed by atoms with van der Waals surface area (Å²) in [6.45, 7) is 7.30. The van der Waals surface area contributed by atoms with E-state index in [1.165, 1.54) is 69.6 Å². The van der Waals surface area contributed by atoms with Gasteiger partial charge in [0.1, 0.15) is 0 Å². The van der Waals surface area contributed by atoms with E-state index in [2.05, 4.69) is 45.2 Å². The van der Waals surface area contributed by atoms with Crippen molar-refractivity contribution in [2.45, 2.75) is 69.5 Å². The Morgan fingerprint density at radius 1 is 1.04 bits per heavy atom. The second-order valence-corrected chi connectivity index (χ2v) is 10.2. The van der Waals surface area contributed by atoms with Crippen molar-refractivity contribution >= 4 is 11.3 Å². The second kappa shape index (κ2) is 9.36. The lowest BCUT2D eigenvalue weighted by Gasteiger charge is -2.47. The van der Waals surface area contributed by atoms with Crippen LogP contribution in [0.3, 0.4) is 0 Å². The highest BCUT2D eigenvalue weighted by Gasteiger charge is 2.33. The van der Waals surface area contributed by atoms with Crippen LogP contribution < -0.4 is 0 Å². The van der Waals surface area contributed by atoms with Crippen LogP contribution in [0.4, 0.5) is 0 Å². The Morgan fingerprint density at radius 2 is 1.81 bits per heavy atom. The van der Waals surface area contributed by atoms with Crippen LogP contribution in [0, 0.1) is 0 Å². The number of piperazine rings is 1. The summed E-state index contributed by atoms with van der Waals surface area (Å²) in [5, 5.41) is 9.63. The van der Waals surface area contributed by atoms with E-state index in [1.807, 2.05) is 0 Å².